The smallest absolute Gasteiger partial charge is 0.219 e. The number of amides is 1. The summed E-state index contributed by atoms with van der Waals surface area (Å²) in [6.45, 7) is 17.7. The highest BCUT2D eigenvalue weighted by molar-refractivity contribution is 5.75. The second kappa shape index (κ2) is 15.9. The predicted octanol–water partition coefficient (Wildman–Crippen LogP) is 7.20. The average Bonchev–Trinajstić information content (AvgIpc) is 2.55. The Morgan fingerprint density at radius 2 is 1.50 bits per heavy atom. The van der Waals surface area contributed by atoms with Gasteiger partial charge in [-0.25, -0.2) is 0 Å². The van der Waals surface area contributed by atoms with E-state index in [1.54, 1.807) is 7.05 Å². The van der Waals surface area contributed by atoms with Gasteiger partial charge in [-0.3, -0.25) is 4.79 Å². The minimum absolute atomic E-state index is 0.125. The largest absolute Gasteiger partial charge is 0.359 e. The minimum Gasteiger partial charge on any atom is -0.359 e. The van der Waals surface area contributed by atoms with Crippen LogP contribution in [0.2, 0.25) is 0 Å². The maximum absolute atomic E-state index is 10.5. The lowest BCUT2D eigenvalue weighted by molar-refractivity contribution is -0.121. The number of carbonyl (C=O) groups is 1. The third-order valence-corrected chi connectivity index (χ3v) is 3.87. The number of hydrogen-bond donors (Lipinski definition) is 1. The molecule has 152 valence electrons. The molecule has 1 atom stereocenters. The quantitative estimate of drug-likeness (QED) is 0.568. The van der Waals surface area contributed by atoms with Crippen LogP contribution in [0.3, 0.4) is 0 Å². The first-order valence-electron chi connectivity index (χ1n) is 10.3. The van der Waals surface area contributed by atoms with Crippen LogP contribution >= 0.6 is 0 Å². The van der Waals surface area contributed by atoms with Crippen molar-refractivity contribution < 1.29 is 4.79 Å². The second-order valence-corrected chi connectivity index (χ2v) is 8.70. The minimum atomic E-state index is 0.125. The van der Waals surface area contributed by atoms with Gasteiger partial charge in [-0.2, -0.15) is 0 Å². The average molecular weight is 364 g/mol. The van der Waals surface area contributed by atoms with E-state index >= 15 is 0 Å². The summed E-state index contributed by atoms with van der Waals surface area (Å²) in [7, 11) is 1.66. The van der Waals surface area contributed by atoms with Gasteiger partial charge in [-0.1, -0.05) is 105 Å². The number of rotatable bonds is 6. The molecule has 2 heteroatoms. The summed E-state index contributed by atoms with van der Waals surface area (Å²) in [4.78, 5) is 10.5. The van der Waals surface area contributed by atoms with Gasteiger partial charge in [0, 0.05) is 13.5 Å². The first-order chi connectivity index (χ1) is 12.1. The third-order valence-electron chi connectivity index (χ3n) is 3.87. The van der Waals surface area contributed by atoms with Gasteiger partial charge in [0.05, 0.1) is 0 Å². The molecule has 0 spiro atoms. The molecule has 0 heterocycles. The zero-order valence-corrected chi connectivity index (χ0v) is 19.0. The van der Waals surface area contributed by atoms with E-state index in [4.69, 9.17) is 0 Å². The van der Waals surface area contributed by atoms with Crippen LogP contribution in [0.25, 0.3) is 0 Å². The molecule has 0 radical (unpaired) electrons. The van der Waals surface area contributed by atoms with Crippen molar-refractivity contribution in [2.45, 2.75) is 93.4 Å². The Morgan fingerprint density at radius 1 is 1.00 bits per heavy atom. The summed E-state index contributed by atoms with van der Waals surface area (Å²) in [6.07, 6.45) is 5.96. The van der Waals surface area contributed by atoms with E-state index in [1.807, 2.05) is 13.8 Å². The highest BCUT2D eigenvalue weighted by Gasteiger charge is 2.15. The first-order valence-corrected chi connectivity index (χ1v) is 10.3. The maximum atomic E-state index is 10.5. The predicted molar refractivity (Wildman–Crippen MR) is 118 cm³/mol. The van der Waals surface area contributed by atoms with Gasteiger partial charge in [-0.05, 0) is 29.2 Å². The van der Waals surface area contributed by atoms with E-state index in [0.29, 0.717) is 23.7 Å². The Labute approximate surface area is 164 Å². The van der Waals surface area contributed by atoms with Crippen LogP contribution < -0.4 is 5.32 Å². The highest BCUT2D eigenvalue weighted by Crippen LogP contribution is 2.30. The van der Waals surface area contributed by atoms with Gasteiger partial charge in [0.25, 0.3) is 0 Å². The van der Waals surface area contributed by atoms with Crippen LogP contribution in [-0.2, 0) is 4.79 Å². The summed E-state index contributed by atoms with van der Waals surface area (Å²) in [5, 5.41) is 2.56. The Bertz CT molecular complexity index is 429. The highest BCUT2D eigenvalue weighted by atomic mass is 16.1. The molecule has 1 rings (SSSR count). The third kappa shape index (κ3) is 19.0. The number of unbranched alkanes of at least 4 members (excludes halogenated alkanes) is 2. The summed E-state index contributed by atoms with van der Waals surface area (Å²) in [5.41, 5.74) is 1.88. The van der Waals surface area contributed by atoms with E-state index in [2.05, 4.69) is 77.2 Å². The molecule has 1 unspecified atom stereocenters. The van der Waals surface area contributed by atoms with E-state index < -0.39 is 0 Å². The van der Waals surface area contributed by atoms with E-state index in [0.717, 1.165) is 0 Å². The van der Waals surface area contributed by atoms with Crippen LogP contribution in [0, 0.1) is 11.3 Å². The molecular weight excluding hydrogens is 318 g/mol. The zero-order valence-electron chi connectivity index (χ0n) is 19.0. The number of benzene rings is 1. The molecule has 1 aromatic carbocycles. The molecule has 0 aliphatic heterocycles. The van der Waals surface area contributed by atoms with Crippen molar-refractivity contribution in [3.8, 4) is 0 Å². The molecule has 0 saturated heterocycles. The molecular formula is C24H45NO. The van der Waals surface area contributed by atoms with Gasteiger partial charge in [0.1, 0.15) is 0 Å². The number of nitrogens with one attached hydrogen (secondary N) is 1. The van der Waals surface area contributed by atoms with Crippen LogP contribution in [0.1, 0.15) is 99.0 Å². The van der Waals surface area contributed by atoms with Gasteiger partial charge in [0.2, 0.25) is 5.91 Å². The van der Waals surface area contributed by atoms with Crippen LogP contribution in [-0.4, -0.2) is 13.0 Å². The fourth-order valence-corrected chi connectivity index (χ4v) is 2.64. The molecule has 0 saturated carbocycles. The molecule has 0 aliphatic rings. The lowest BCUT2D eigenvalue weighted by atomic mass is 9.82. The van der Waals surface area contributed by atoms with Crippen molar-refractivity contribution in [2.24, 2.45) is 11.3 Å². The molecule has 1 aromatic rings. The summed E-state index contributed by atoms with van der Waals surface area (Å²) < 4.78 is 0. The molecule has 0 fully saturated rings. The van der Waals surface area contributed by atoms with Crippen molar-refractivity contribution >= 4 is 5.91 Å². The maximum Gasteiger partial charge on any atom is 0.219 e. The Hall–Kier alpha value is -1.31. The van der Waals surface area contributed by atoms with E-state index in [1.165, 1.54) is 31.2 Å². The zero-order chi connectivity index (χ0) is 20.6. The Balaban J connectivity index is 0. The lowest BCUT2D eigenvalue weighted by Gasteiger charge is -2.23. The number of carbonyl (C=O) groups excluding carboxylic acids is 1. The monoisotopic (exact) mass is 363 g/mol. The Kier molecular flexibility index (Phi) is 16.5. The summed E-state index contributed by atoms with van der Waals surface area (Å²) >= 11 is 0. The van der Waals surface area contributed by atoms with E-state index in [9.17, 15) is 4.79 Å². The standard InChI is InChI=1S/C13H20.C6H13NO.C5H12/c1-11(10-13(2,3)4)12-8-6-5-7-9-12;1-5(2)4-6(8)7-3;1-3-5-4-2/h5-9,11H,10H2,1-4H3;5H,4H2,1-3H3,(H,7,8);3-5H2,1-2H3. The van der Waals surface area contributed by atoms with Gasteiger partial charge < -0.3 is 5.32 Å². The topological polar surface area (TPSA) is 29.1 Å². The molecule has 26 heavy (non-hydrogen) atoms. The van der Waals surface area contributed by atoms with Crippen LogP contribution in [0.4, 0.5) is 0 Å². The SMILES string of the molecule is CC(CC(C)(C)C)c1ccccc1.CCCCC.CNC(=O)CC(C)C. The van der Waals surface area contributed by atoms with Gasteiger partial charge in [-0.15, -0.1) is 0 Å². The first kappa shape index (κ1) is 26.9. The van der Waals surface area contributed by atoms with Gasteiger partial charge >= 0.3 is 0 Å². The van der Waals surface area contributed by atoms with Crippen molar-refractivity contribution in [2.75, 3.05) is 7.05 Å². The fourth-order valence-electron chi connectivity index (χ4n) is 2.64. The number of hydrogen-bond acceptors (Lipinski definition) is 1. The van der Waals surface area contributed by atoms with Gasteiger partial charge in [0.15, 0.2) is 0 Å². The second-order valence-electron chi connectivity index (χ2n) is 8.70. The van der Waals surface area contributed by atoms with Crippen LogP contribution in [0.5, 0.6) is 0 Å². The van der Waals surface area contributed by atoms with Crippen LogP contribution in [0.15, 0.2) is 30.3 Å². The van der Waals surface area contributed by atoms with Crippen molar-refractivity contribution in [1.29, 1.82) is 0 Å². The summed E-state index contributed by atoms with van der Waals surface area (Å²) in [5.74, 6) is 1.26. The fraction of sp³-hybridized carbons (Fsp3) is 0.708. The Morgan fingerprint density at radius 3 is 1.77 bits per heavy atom. The van der Waals surface area contributed by atoms with E-state index in [-0.39, 0.29) is 5.91 Å². The molecule has 0 aliphatic carbocycles. The van der Waals surface area contributed by atoms with Crippen molar-refractivity contribution in [3.05, 3.63) is 35.9 Å². The molecule has 2 nitrogen and oxygen atoms in total. The molecule has 0 aromatic heterocycles. The molecule has 1 N–H and O–H groups in total. The summed E-state index contributed by atoms with van der Waals surface area (Å²) in [6, 6.07) is 10.8. The normalized spacial score (nSPS) is 11.6. The van der Waals surface area contributed by atoms with Crippen molar-refractivity contribution in [1.82, 2.24) is 5.32 Å². The molecule has 0 bridgehead atoms. The molecule has 1 amide bonds. The lowest BCUT2D eigenvalue weighted by Crippen LogP contribution is -2.19. The van der Waals surface area contributed by atoms with Crippen molar-refractivity contribution in [3.63, 3.8) is 0 Å².